The highest BCUT2D eigenvalue weighted by molar-refractivity contribution is 5.96. The Balaban J connectivity index is 2.07. The second kappa shape index (κ2) is 26.4. The summed E-state index contributed by atoms with van der Waals surface area (Å²) < 4.78 is 20.6. The lowest BCUT2D eigenvalue weighted by Gasteiger charge is -2.30. The molecule has 1 fully saturated rings. The normalized spacial score (nSPS) is 14.9. The number of anilines is 1. The minimum absolute atomic E-state index is 0.0283. The molecule has 57 heavy (non-hydrogen) atoms. The fourth-order valence-corrected chi connectivity index (χ4v) is 6.04. The Labute approximate surface area is 335 Å². The first kappa shape index (κ1) is 48.6. The number of amides is 5. The molecule has 0 saturated carbocycles. The summed E-state index contributed by atoms with van der Waals surface area (Å²) in [4.78, 5) is 97.3. The zero-order valence-corrected chi connectivity index (χ0v) is 34.2. The van der Waals surface area contributed by atoms with Gasteiger partial charge in [-0.25, -0.2) is 0 Å². The Morgan fingerprint density at radius 2 is 1.28 bits per heavy atom. The van der Waals surface area contributed by atoms with Gasteiger partial charge in [0.2, 0.25) is 29.5 Å². The van der Waals surface area contributed by atoms with Gasteiger partial charge in [-0.3, -0.25) is 38.9 Å². The van der Waals surface area contributed by atoms with E-state index in [1.807, 2.05) is 0 Å². The Morgan fingerprint density at radius 1 is 0.772 bits per heavy atom. The predicted octanol–water partition coefficient (Wildman–Crippen LogP) is -2.11. The molecule has 0 radical (unpaired) electrons. The molecule has 1 aliphatic rings. The van der Waals surface area contributed by atoms with Crippen LogP contribution in [-0.2, 0) is 58.9 Å². The van der Waals surface area contributed by atoms with Crippen LogP contribution >= 0.6 is 0 Å². The van der Waals surface area contributed by atoms with Crippen molar-refractivity contribution in [2.24, 2.45) is 5.73 Å². The smallest absolute Gasteiger partial charge is 0.242 e. The number of ether oxygens (including phenoxy) is 4. The summed E-state index contributed by atoms with van der Waals surface area (Å²) in [5.74, 6) is -2.84. The van der Waals surface area contributed by atoms with E-state index in [4.69, 9.17) is 24.7 Å². The van der Waals surface area contributed by atoms with Crippen molar-refractivity contribution in [3.05, 3.63) is 29.8 Å². The molecule has 1 heterocycles. The summed E-state index contributed by atoms with van der Waals surface area (Å²) in [6.07, 6.45) is 0.118. The summed E-state index contributed by atoms with van der Waals surface area (Å²) in [7, 11) is 7.54. The van der Waals surface area contributed by atoms with E-state index < -0.39 is 60.6 Å². The Morgan fingerprint density at radius 3 is 1.74 bits per heavy atom. The van der Waals surface area contributed by atoms with Crippen LogP contribution in [0.5, 0.6) is 0 Å². The molecule has 1 saturated heterocycles. The van der Waals surface area contributed by atoms with Gasteiger partial charge in [0.05, 0.1) is 64.1 Å². The summed E-state index contributed by atoms with van der Waals surface area (Å²) in [6, 6.07) is 4.51. The predicted molar refractivity (Wildman–Crippen MR) is 210 cm³/mol. The van der Waals surface area contributed by atoms with Crippen LogP contribution in [0.15, 0.2) is 24.3 Å². The standard InChI is InChI=1S/C38H62N8O11/c1-27(32(47)23-41-29-9-7-28(8-10-29)21-34(39)49)46-12-11-30(38(46)53)42-24-33(48)31(40-2)22-35(50)45(25-36(51)43(13-17-54-3)14-18-55-4)26-37(52)44(15-19-56-5)16-20-57-6/h7-10,27,30-31,40-42H,11-26H2,1-6H3,(H2,39,49)/t27?,30?,31-/m0/s1. The molecule has 1 aliphatic heterocycles. The minimum atomic E-state index is -1.00. The van der Waals surface area contributed by atoms with Gasteiger partial charge < -0.3 is 54.9 Å². The van der Waals surface area contributed by atoms with E-state index in [9.17, 15) is 33.6 Å². The van der Waals surface area contributed by atoms with Gasteiger partial charge in [-0.05, 0) is 38.1 Å². The lowest BCUT2D eigenvalue weighted by atomic mass is 10.1. The molecule has 0 aromatic heterocycles. The number of hydrogen-bond acceptors (Lipinski definition) is 14. The fraction of sp³-hybridized carbons (Fsp3) is 0.658. The number of primary amides is 1. The van der Waals surface area contributed by atoms with E-state index in [1.54, 1.807) is 31.2 Å². The second-order valence-electron chi connectivity index (χ2n) is 13.6. The Bertz CT molecular complexity index is 1410. The van der Waals surface area contributed by atoms with Gasteiger partial charge in [-0.2, -0.15) is 0 Å². The highest BCUT2D eigenvalue weighted by atomic mass is 16.5. The summed E-state index contributed by atoms with van der Waals surface area (Å²) in [5.41, 5.74) is 6.66. The summed E-state index contributed by atoms with van der Waals surface area (Å²) in [5, 5.41) is 8.88. The first-order valence-corrected chi connectivity index (χ1v) is 19.0. The average Bonchev–Trinajstić information content (AvgIpc) is 3.56. The number of likely N-dealkylation sites (N-methyl/N-ethyl adjacent to an activating group) is 1. The van der Waals surface area contributed by atoms with Gasteiger partial charge in [0.1, 0.15) is 13.1 Å². The number of methoxy groups -OCH3 is 4. The van der Waals surface area contributed by atoms with E-state index in [2.05, 4.69) is 16.0 Å². The molecular formula is C38H62N8O11. The van der Waals surface area contributed by atoms with Gasteiger partial charge in [-0.1, -0.05) is 12.1 Å². The lowest BCUT2D eigenvalue weighted by molar-refractivity contribution is -0.146. The van der Waals surface area contributed by atoms with Crippen molar-refractivity contribution in [2.45, 2.75) is 44.3 Å². The number of likely N-dealkylation sites (tertiary alicyclic amines) is 1. The van der Waals surface area contributed by atoms with E-state index in [1.165, 1.54) is 50.2 Å². The quantitative estimate of drug-likeness (QED) is 0.0653. The lowest BCUT2D eigenvalue weighted by Crippen LogP contribution is -2.52. The number of carbonyl (C=O) groups is 7. The highest BCUT2D eigenvalue weighted by Gasteiger charge is 2.37. The van der Waals surface area contributed by atoms with Crippen molar-refractivity contribution in [1.29, 1.82) is 0 Å². The Hall–Kier alpha value is -4.53. The number of hydrogen-bond donors (Lipinski definition) is 4. The summed E-state index contributed by atoms with van der Waals surface area (Å²) in [6.45, 7) is 2.77. The van der Waals surface area contributed by atoms with Gasteiger partial charge in [0.15, 0.2) is 11.6 Å². The van der Waals surface area contributed by atoms with E-state index >= 15 is 0 Å². The molecule has 1 aromatic rings. The number of nitrogens with two attached hydrogens (primary N) is 1. The van der Waals surface area contributed by atoms with Crippen LogP contribution in [0, 0.1) is 0 Å². The largest absolute Gasteiger partial charge is 0.383 e. The monoisotopic (exact) mass is 806 g/mol. The number of Topliss-reactive ketones (excluding diaryl/α,β-unsaturated/α-hetero) is 2. The van der Waals surface area contributed by atoms with Gasteiger partial charge in [0.25, 0.3) is 0 Å². The van der Waals surface area contributed by atoms with E-state index in [0.29, 0.717) is 18.7 Å². The fourth-order valence-electron chi connectivity index (χ4n) is 6.04. The van der Waals surface area contributed by atoms with Crippen LogP contribution in [0.4, 0.5) is 5.69 Å². The van der Waals surface area contributed by atoms with Crippen molar-refractivity contribution in [2.75, 3.05) is 126 Å². The summed E-state index contributed by atoms with van der Waals surface area (Å²) >= 11 is 0. The third kappa shape index (κ3) is 16.8. The third-order valence-electron chi connectivity index (χ3n) is 9.58. The molecule has 320 valence electrons. The number of rotatable bonds is 30. The molecule has 5 N–H and O–H groups in total. The van der Waals surface area contributed by atoms with Gasteiger partial charge in [0, 0.05) is 73.3 Å². The van der Waals surface area contributed by atoms with Gasteiger partial charge in [-0.15, -0.1) is 0 Å². The molecule has 0 bridgehead atoms. The number of nitrogens with zero attached hydrogens (tertiary/aromatic N) is 4. The number of ketones is 2. The van der Waals surface area contributed by atoms with E-state index in [0.717, 1.165) is 10.5 Å². The molecular weight excluding hydrogens is 744 g/mol. The molecule has 2 rings (SSSR count). The topological polar surface area (TPSA) is 231 Å². The zero-order chi connectivity index (χ0) is 42.3. The highest BCUT2D eigenvalue weighted by Crippen LogP contribution is 2.17. The number of benzene rings is 1. The molecule has 0 aliphatic carbocycles. The number of nitrogens with one attached hydrogen (secondary N) is 3. The van der Waals surface area contributed by atoms with Crippen LogP contribution in [0.25, 0.3) is 0 Å². The second-order valence-corrected chi connectivity index (χ2v) is 13.6. The maximum absolute atomic E-state index is 13.8. The van der Waals surface area contributed by atoms with E-state index in [-0.39, 0.29) is 90.2 Å². The van der Waals surface area contributed by atoms with Crippen molar-refractivity contribution in [3.63, 3.8) is 0 Å². The maximum atomic E-state index is 13.8. The van der Waals surface area contributed by atoms with Crippen LogP contribution in [0.3, 0.4) is 0 Å². The van der Waals surface area contributed by atoms with Crippen molar-refractivity contribution >= 4 is 46.8 Å². The third-order valence-corrected chi connectivity index (χ3v) is 9.58. The van der Waals surface area contributed by atoms with Crippen LogP contribution in [0.1, 0.15) is 25.3 Å². The maximum Gasteiger partial charge on any atom is 0.242 e. The van der Waals surface area contributed by atoms with Crippen LogP contribution < -0.4 is 21.7 Å². The molecule has 1 aromatic carbocycles. The Kier molecular flexibility index (Phi) is 22.5. The molecule has 3 atom stereocenters. The molecule has 19 nitrogen and oxygen atoms in total. The van der Waals surface area contributed by atoms with Crippen LogP contribution in [0.2, 0.25) is 0 Å². The van der Waals surface area contributed by atoms with Crippen molar-refractivity contribution < 1.29 is 52.5 Å². The molecule has 19 heteroatoms. The van der Waals surface area contributed by atoms with Crippen LogP contribution in [-0.4, -0.2) is 200 Å². The minimum Gasteiger partial charge on any atom is -0.383 e. The van der Waals surface area contributed by atoms with Crippen molar-refractivity contribution in [3.8, 4) is 0 Å². The number of carbonyl (C=O) groups excluding carboxylic acids is 7. The average molecular weight is 807 g/mol. The molecule has 5 amide bonds. The first-order chi connectivity index (χ1) is 27.3. The SMILES string of the molecule is CN[C@@H](CC(=O)N(CC(=O)N(CCOC)CCOC)CC(=O)N(CCOC)CCOC)C(=O)CNC1CCN(C(C)C(=O)CNc2ccc(CC(N)=O)cc2)C1=O. The van der Waals surface area contributed by atoms with Crippen molar-refractivity contribution in [1.82, 2.24) is 30.2 Å². The molecule has 2 unspecified atom stereocenters. The van der Waals surface area contributed by atoms with Gasteiger partial charge >= 0.3 is 0 Å². The molecule has 0 spiro atoms. The first-order valence-electron chi connectivity index (χ1n) is 19.0. The zero-order valence-electron chi connectivity index (χ0n) is 34.2.